The van der Waals surface area contributed by atoms with E-state index in [9.17, 15) is 4.79 Å². The Hall–Kier alpha value is -0.810. The molecule has 3 N–H and O–H groups in total. The van der Waals surface area contributed by atoms with Crippen LogP contribution in [0.25, 0.3) is 0 Å². The largest absolute Gasteiger partial charge is 0.444 e. The van der Waals surface area contributed by atoms with Gasteiger partial charge in [0.1, 0.15) is 5.60 Å². The highest BCUT2D eigenvalue weighted by molar-refractivity contribution is 5.68. The molecule has 0 saturated carbocycles. The molecule has 0 heterocycles. The van der Waals surface area contributed by atoms with E-state index in [1.807, 2.05) is 27.7 Å². The van der Waals surface area contributed by atoms with Crippen molar-refractivity contribution in [3.8, 4) is 0 Å². The molecule has 1 atom stereocenters. The van der Waals surface area contributed by atoms with Crippen molar-refractivity contribution in [3.63, 3.8) is 0 Å². The number of amides is 1. The molecule has 5 heteroatoms. The number of ether oxygens (including phenoxy) is 2. The molecule has 0 aliphatic heterocycles. The lowest BCUT2D eigenvalue weighted by molar-refractivity contribution is 0.0454. The smallest absolute Gasteiger partial charge is 0.407 e. The molecule has 0 unspecified atom stereocenters. The Morgan fingerprint density at radius 2 is 2.07 bits per heavy atom. The summed E-state index contributed by atoms with van der Waals surface area (Å²) in [5.74, 6) is 0. The van der Waals surface area contributed by atoms with E-state index in [1.54, 1.807) is 0 Å². The Morgan fingerprint density at radius 3 is 2.47 bits per heavy atom. The van der Waals surface area contributed by atoms with Crippen LogP contribution in [-0.4, -0.2) is 37.5 Å². The summed E-state index contributed by atoms with van der Waals surface area (Å²) >= 11 is 0. The molecule has 0 fully saturated rings. The van der Waals surface area contributed by atoms with Crippen LogP contribution in [0.15, 0.2) is 0 Å². The maximum atomic E-state index is 11.3. The minimum absolute atomic E-state index is 0.195. The number of rotatable bonds is 5. The summed E-state index contributed by atoms with van der Waals surface area (Å²) in [5, 5.41) is 2.65. The van der Waals surface area contributed by atoms with Crippen molar-refractivity contribution in [1.82, 2.24) is 5.32 Å². The molecule has 0 radical (unpaired) electrons. The lowest BCUT2D eigenvalue weighted by atomic mass is 10.2. The number of carbonyl (C=O) groups is 1. The summed E-state index contributed by atoms with van der Waals surface area (Å²) < 4.78 is 10.3. The lowest BCUT2D eigenvalue weighted by Crippen LogP contribution is -2.45. The van der Waals surface area contributed by atoms with E-state index in [0.717, 1.165) is 0 Å². The molecule has 5 nitrogen and oxygen atoms in total. The highest BCUT2D eigenvalue weighted by Gasteiger charge is 2.18. The Kier molecular flexibility index (Phi) is 6.27. The molecule has 0 spiro atoms. The fourth-order valence-corrected chi connectivity index (χ4v) is 0.903. The van der Waals surface area contributed by atoms with Crippen LogP contribution >= 0.6 is 0 Å². The first-order valence-corrected chi connectivity index (χ1v) is 5.16. The maximum Gasteiger partial charge on any atom is 0.407 e. The second-order valence-electron chi connectivity index (χ2n) is 4.24. The summed E-state index contributed by atoms with van der Waals surface area (Å²) in [6, 6.07) is -0.195. The standard InChI is InChI=1S/C10H22N2O3/c1-5-14-7-8(6-11)12-9(13)15-10(2,3)4/h8H,5-7,11H2,1-4H3,(H,12,13)/t8-/m1/s1. The summed E-state index contributed by atoms with van der Waals surface area (Å²) in [4.78, 5) is 11.3. The first-order valence-electron chi connectivity index (χ1n) is 5.16. The van der Waals surface area contributed by atoms with Crippen molar-refractivity contribution in [3.05, 3.63) is 0 Å². The van der Waals surface area contributed by atoms with E-state index in [1.165, 1.54) is 0 Å². The number of nitrogens with two attached hydrogens (primary N) is 1. The monoisotopic (exact) mass is 218 g/mol. The van der Waals surface area contributed by atoms with Crippen LogP contribution in [0.4, 0.5) is 4.79 Å². The maximum absolute atomic E-state index is 11.3. The third-order valence-electron chi connectivity index (χ3n) is 1.53. The summed E-state index contributed by atoms with van der Waals surface area (Å²) in [6.07, 6.45) is -0.461. The summed E-state index contributed by atoms with van der Waals surface area (Å²) in [6.45, 7) is 8.67. The first kappa shape index (κ1) is 14.2. The van der Waals surface area contributed by atoms with Gasteiger partial charge in [0, 0.05) is 13.2 Å². The first-order chi connectivity index (χ1) is 6.89. The average molecular weight is 218 g/mol. The van der Waals surface area contributed by atoms with Crippen molar-refractivity contribution in [2.24, 2.45) is 5.73 Å². The predicted octanol–water partition coefficient (Wildman–Crippen LogP) is 0.875. The molecule has 0 aliphatic rings. The fraction of sp³-hybridized carbons (Fsp3) is 0.900. The average Bonchev–Trinajstić information content (AvgIpc) is 2.09. The quantitative estimate of drug-likeness (QED) is 0.718. The van der Waals surface area contributed by atoms with Gasteiger partial charge in [0.15, 0.2) is 0 Å². The van der Waals surface area contributed by atoms with Crippen molar-refractivity contribution in [2.75, 3.05) is 19.8 Å². The summed E-state index contributed by atoms with van der Waals surface area (Å²) in [5.41, 5.74) is 4.98. The van der Waals surface area contributed by atoms with Crippen LogP contribution in [0.3, 0.4) is 0 Å². The molecular formula is C10H22N2O3. The minimum Gasteiger partial charge on any atom is -0.444 e. The number of nitrogens with one attached hydrogen (secondary N) is 1. The molecule has 0 bridgehead atoms. The topological polar surface area (TPSA) is 73.6 Å². The Labute approximate surface area is 91.3 Å². The van der Waals surface area contributed by atoms with Gasteiger partial charge < -0.3 is 20.5 Å². The summed E-state index contributed by atoms with van der Waals surface area (Å²) in [7, 11) is 0. The molecule has 0 aromatic carbocycles. The van der Waals surface area contributed by atoms with Gasteiger partial charge in [-0.3, -0.25) is 0 Å². The molecule has 1 amide bonds. The minimum atomic E-state index is -0.491. The second kappa shape index (κ2) is 6.63. The number of hydrogen-bond donors (Lipinski definition) is 2. The van der Waals surface area contributed by atoms with Gasteiger partial charge in [-0.25, -0.2) is 4.79 Å². The van der Waals surface area contributed by atoms with Crippen molar-refractivity contribution >= 4 is 6.09 Å². The second-order valence-corrected chi connectivity index (χ2v) is 4.24. The predicted molar refractivity (Wildman–Crippen MR) is 58.7 cm³/mol. The fourth-order valence-electron chi connectivity index (χ4n) is 0.903. The zero-order chi connectivity index (χ0) is 11.9. The third-order valence-corrected chi connectivity index (χ3v) is 1.53. The van der Waals surface area contributed by atoms with Gasteiger partial charge in [0.25, 0.3) is 0 Å². The van der Waals surface area contributed by atoms with Crippen molar-refractivity contribution < 1.29 is 14.3 Å². The van der Waals surface area contributed by atoms with Crippen LogP contribution in [-0.2, 0) is 9.47 Å². The van der Waals surface area contributed by atoms with E-state index < -0.39 is 11.7 Å². The molecule has 0 aromatic rings. The molecular weight excluding hydrogens is 196 g/mol. The van der Waals surface area contributed by atoms with E-state index >= 15 is 0 Å². The molecule has 0 saturated heterocycles. The normalized spacial score (nSPS) is 13.4. The Morgan fingerprint density at radius 1 is 1.47 bits per heavy atom. The van der Waals surface area contributed by atoms with Crippen LogP contribution in [0.2, 0.25) is 0 Å². The lowest BCUT2D eigenvalue weighted by Gasteiger charge is -2.22. The Bertz CT molecular complexity index is 190. The van der Waals surface area contributed by atoms with Gasteiger partial charge in [-0.15, -0.1) is 0 Å². The van der Waals surface area contributed by atoms with Crippen LogP contribution in [0.1, 0.15) is 27.7 Å². The van der Waals surface area contributed by atoms with E-state index in [2.05, 4.69) is 5.32 Å². The van der Waals surface area contributed by atoms with Crippen LogP contribution < -0.4 is 11.1 Å². The van der Waals surface area contributed by atoms with E-state index in [4.69, 9.17) is 15.2 Å². The van der Waals surface area contributed by atoms with Crippen molar-refractivity contribution in [1.29, 1.82) is 0 Å². The molecule has 15 heavy (non-hydrogen) atoms. The van der Waals surface area contributed by atoms with Gasteiger partial charge in [-0.1, -0.05) is 0 Å². The van der Waals surface area contributed by atoms with Crippen LogP contribution in [0.5, 0.6) is 0 Å². The molecule has 0 aliphatic carbocycles. The van der Waals surface area contributed by atoms with E-state index in [-0.39, 0.29) is 6.04 Å². The van der Waals surface area contributed by atoms with Crippen molar-refractivity contribution in [2.45, 2.75) is 39.3 Å². The van der Waals surface area contributed by atoms with Crippen LogP contribution in [0, 0.1) is 0 Å². The molecule has 90 valence electrons. The number of carbonyl (C=O) groups excluding carboxylic acids is 1. The highest BCUT2D eigenvalue weighted by atomic mass is 16.6. The zero-order valence-corrected chi connectivity index (χ0v) is 10.0. The van der Waals surface area contributed by atoms with Gasteiger partial charge in [-0.2, -0.15) is 0 Å². The van der Waals surface area contributed by atoms with Gasteiger partial charge >= 0.3 is 6.09 Å². The number of alkyl carbamates (subject to hydrolysis) is 1. The third kappa shape index (κ3) is 8.20. The van der Waals surface area contributed by atoms with Gasteiger partial charge in [0.2, 0.25) is 0 Å². The number of hydrogen-bond acceptors (Lipinski definition) is 4. The SMILES string of the molecule is CCOC[C@@H](CN)NC(=O)OC(C)(C)C. The Balaban J connectivity index is 3.91. The molecule has 0 aromatic heterocycles. The van der Waals surface area contributed by atoms with Gasteiger partial charge in [0.05, 0.1) is 12.6 Å². The van der Waals surface area contributed by atoms with Gasteiger partial charge in [-0.05, 0) is 27.7 Å². The van der Waals surface area contributed by atoms with E-state index in [0.29, 0.717) is 19.8 Å². The molecule has 0 rings (SSSR count). The zero-order valence-electron chi connectivity index (χ0n) is 10.0. The highest BCUT2D eigenvalue weighted by Crippen LogP contribution is 2.06.